The van der Waals surface area contributed by atoms with E-state index in [-0.39, 0.29) is 11.7 Å². The number of nitrogens with zero attached hydrogens (tertiary/aromatic N) is 2. The third-order valence-corrected chi connectivity index (χ3v) is 4.54. The van der Waals surface area contributed by atoms with Crippen molar-refractivity contribution in [2.45, 2.75) is 0 Å². The highest BCUT2D eigenvalue weighted by molar-refractivity contribution is 6.29. The van der Waals surface area contributed by atoms with Gasteiger partial charge in [-0.3, -0.25) is 9.59 Å². The molecule has 0 unspecified atom stereocenters. The van der Waals surface area contributed by atoms with Gasteiger partial charge in [-0.25, -0.2) is 4.98 Å². The van der Waals surface area contributed by atoms with Crippen molar-refractivity contribution in [1.29, 1.82) is 0 Å². The zero-order valence-electron chi connectivity index (χ0n) is 14.3. The molecule has 0 atom stereocenters. The molecule has 0 aliphatic carbocycles. The van der Waals surface area contributed by atoms with Gasteiger partial charge in [-0.1, -0.05) is 23.7 Å². The summed E-state index contributed by atoms with van der Waals surface area (Å²) >= 11 is 5.77. The molecular weight excluding hydrogens is 370 g/mol. The van der Waals surface area contributed by atoms with Gasteiger partial charge < -0.3 is 19.4 Å². The van der Waals surface area contributed by atoms with E-state index in [1.807, 2.05) is 12.1 Å². The standard InChI is InChI=1S/C19H16ClN3O4/c20-15-6-5-12(11-21-15)18(24)22-16-13-3-1-2-4-14(13)27-17(16)19(25)23-7-9-26-10-8-23/h1-6,11H,7-10H2,(H,22,24). The molecule has 1 N–H and O–H groups in total. The number of carbonyl (C=O) groups is 2. The molecule has 1 saturated heterocycles. The Morgan fingerprint density at radius 2 is 1.89 bits per heavy atom. The molecule has 0 spiro atoms. The molecular formula is C19H16ClN3O4. The van der Waals surface area contributed by atoms with Crippen molar-refractivity contribution in [2.24, 2.45) is 0 Å². The number of hydrogen-bond donors (Lipinski definition) is 1. The van der Waals surface area contributed by atoms with E-state index in [4.69, 9.17) is 20.8 Å². The molecule has 1 aliphatic rings. The summed E-state index contributed by atoms with van der Waals surface area (Å²) in [5, 5.41) is 3.75. The van der Waals surface area contributed by atoms with Crippen molar-refractivity contribution < 1.29 is 18.7 Å². The highest BCUT2D eigenvalue weighted by Crippen LogP contribution is 2.32. The van der Waals surface area contributed by atoms with Gasteiger partial charge in [-0.2, -0.15) is 0 Å². The van der Waals surface area contributed by atoms with E-state index in [2.05, 4.69) is 10.3 Å². The Labute approximate surface area is 159 Å². The lowest BCUT2D eigenvalue weighted by Gasteiger charge is -2.26. The van der Waals surface area contributed by atoms with E-state index < -0.39 is 5.91 Å². The van der Waals surface area contributed by atoms with Crippen molar-refractivity contribution in [2.75, 3.05) is 31.6 Å². The highest BCUT2D eigenvalue weighted by atomic mass is 35.5. The molecule has 0 bridgehead atoms. The molecule has 0 radical (unpaired) electrons. The average Bonchev–Trinajstić information content (AvgIpc) is 3.07. The smallest absolute Gasteiger partial charge is 0.291 e. The molecule has 8 heteroatoms. The number of nitrogens with one attached hydrogen (secondary N) is 1. The number of para-hydroxylation sites is 1. The molecule has 0 saturated carbocycles. The van der Waals surface area contributed by atoms with Crippen LogP contribution in [0.15, 0.2) is 47.0 Å². The molecule has 2 aromatic heterocycles. The van der Waals surface area contributed by atoms with Crippen LogP contribution in [0, 0.1) is 0 Å². The maximum Gasteiger partial charge on any atom is 0.291 e. The minimum absolute atomic E-state index is 0.105. The van der Waals surface area contributed by atoms with Crippen LogP contribution in [0.25, 0.3) is 11.0 Å². The maximum absolute atomic E-state index is 12.9. The van der Waals surface area contributed by atoms with Gasteiger partial charge in [-0.15, -0.1) is 0 Å². The van der Waals surface area contributed by atoms with Gasteiger partial charge in [0, 0.05) is 24.7 Å². The van der Waals surface area contributed by atoms with E-state index in [0.717, 1.165) is 0 Å². The van der Waals surface area contributed by atoms with Crippen molar-refractivity contribution >= 4 is 40.1 Å². The normalized spacial score (nSPS) is 14.3. The first-order valence-electron chi connectivity index (χ1n) is 8.45. The summed E-state index contributed by atoms with van der Waals surface area (Å²) in [6.45, 7) is 1.91. The number of fused-ring (bicyclic) bond motifs is 1. The molecule has 7 nitrogen and oxygen atoms in total. The second kappa shape index (κ2) is 7.38. The van der Waals surface area contributed by atoms with E-state index in [1.54, 1.807) is 23.1 Å². The van der Waals surface area contributed by atoms with Crippen LogP contribution in [-0.4, -0.2) is 48.0 Å². The quantitative estimate of drug-likeness (QED) is 0.700. The number of morpholine rings is 1. The first kappa shape index (κ1) is 17.5. The number of amides is 2. The van der Waals surface area contributed by atoms with Crippen LogP contribution >= 0.6 is 11.6 Å². The highest BCUT2D eigenvalue weighted by Gasteiger charge is 2.27. The van der Waals surface area contributed by atoms with Crippen LogP contribution in [0.5, 0.6) is 0 Å². The number of rotatable bonds is 3. The number of ether oxygens (including phenoxy) is 1. The van der Waals surface area contributed by atoms with Gasteiger partial charge in [0.05, 0.1) is 18.8 Å². The fraction of sp³-hybridized carbons (Fsp3) is 0.211. The average molecular weight is 386 g/mol. The number of furan rings is 1. The van der Waals surface area contributed by atoms with Crippen LogP contribution in [0.4, 0.5) is 5.69 Å². The van der Waals surface area contributed by atoms with Crippen LogP contribution in [0.3, 0.4) is 0 Å². The predicted octanol–water partition coefficient (Wildman–Crippen LogP) is 3.21. The Hall–Kier alpha value is -2.90. The number of carbonyl (C=O) groups excluding carboxylic acids is 2. The van der Waals surface area contributed by atoms with Gasteiger partial charge in [0.25, 0.3) is 11.8 Å². The zero-order chi connectivity index (χ0) is 18.8. The zero-order valence-corrected chi connectivity index (χ0v) is 15.0. The third-order valence-electron chi connectivity index (χ3n) is 4.32. The molecule has 1 aliphatic heterocycles. The minimum Gasteiger partial charge on any atom is -0.449 e. The Morgan fingerprint density at radius 3 is 2.63 bits per heavy atom. The molecule has 138 valence electrons. The maximum atomic E-state index is 12.9. The molecule has 1 aromatic carbocycles. The van der Waals surface area contributed by atoms with Gasteiger partial charge in [0.2, 0.25) is 5.76 Å². The van der Waals surface area contributed by atoms with Crippen LogP contribution < -0.4 is 5.32 Å². The number of anilines is 1. The second-order valence-electron chi connectivity index (χ2n) is 6.03. The molecule has 1 fully saturated rings. The predicted molar refractivity (Wildman–Crippen MR) is 100 cm³/mol. The lowest BCUT2D eigenvalue weighted by Crippen LogP contribution is -2.40. The Bertz CT molecular complexity index is 994. The molecule has 3 aromatic rings. The molecule has 2 amide bonds. The van der Waals surface area contributed by atoms with Crippen molar-refractivity contribution in [3.8, 4) is 0 Å². The van der Waals surface area contributed by atoms with Gasteiger partial charge >= 0.3 is 0 Å². The summed E-state index contributed by atoms with van der Waals surface area (Å²) in [6, 6.07) is 10.3. The van der Waals surface area contributed by atoms with Gasteiger partial charge in [0.15, 0.2) is 0 Å². The van der Waals surface area contributed by atoms with Crippen molar-refractivity contribution in [3.05, 3.63) is 59.1 Å². The number of halogens is 1. The van der Waals surface area contributed by atoms with Crippen LogP contribution in [-0.2, 0) is 4.74 Å². The fourth-order valence-electron chi connectivity index (χ4n) is 2.93. The summed E-state index contributed by atoms with van der Waals surface area (Å²) in [6.07, 6.45) is 1.38. The topological polar surface area (TPSA) is 84.7 Å². The summed E-state index contributed by atoms with van der Waals surface area (Å²) in [7, 11) is 0. The van der Waals surface area contributed by atoms with Crippen molar-refractivity contribution in [3.63, 3.8) is 0 Å². The minimum atomic E-state index is -0.401. The van der Waals surface area contributed by atoms with Gasteiger partial charge in [0.1, 0.15) is 16.4 Å². The molecule has 4 rings (SSSR count). The number of hydrogen-bond acceptors (Lipinski definition) is 5. The summed E-state index contributed by atoms with van der Waals surface area (Å²) in [4.78, 5) is 31.2. The largest absolute Gasteiger partial charge is 0.449 e. The SMILES string of the molecule is O=C(Nc1c(C(=O)N2CCOCC2)oc2ccccc12)c1ccc(Cl)nc1. The van der Waals surface area contributed by atoms with Crippen LogP contribution in [0.1, 0.15) is 20.9 Å². The summed E-state index contributed by atoms with van der Waals surface area (Å²) < 4.78 is 11.1. The number of pyridine rings is 1. The lowest BCUT2D eigenvalue weighted by molar-refractivity contribution is 0.0285. The fourth-order valence-corrected chi connectivity index (χ4v) is 3.04. The van der Waals surface area contributed by atoms with E-state index in [9.17, 15) is 9.59 Å². The molecule has 3 heterocycles. The number of aromatic nitrogens is 1. The lowest BCUT2D eigenvalue weighted by atomic mass is 10.2. The molecule has 27 heavy (non-hydrogen) atoms. The van der Waals surface area contributed by atoms with Crippen molar-refractivity contribution in [1.82, 2.24) is 9.88 Å². The Morgan fingerprint density at radius 1 is 1.11 bits per heavy atom. The monoisotopic (exact) mass is 385 g/mol. The summed E-state index contributed by atoms with van der Waals surface area (Å²) in [5.74, 6) is -0.575. The first-order chi connectivity index (χ1) is 13.1. The summed E-state index contributed by atoms with van der Waals surface area (Å²) in [5.41, 5.74) is 1.20. The first-order valence-corrected chi connectivity index (χ1v) is 8.83. The second-order valence-corrected chi connectivity index (χ2v) is 6.42. The van der Waals surface area contributed by atoms with E-state index >= 15 is 0 Å². The Balaban J connectivity index is 1.70. The third kappa shape index (κ3) is 3.51. The van der Waals surface area contributed by atoms with Gasteiger partial charge in [-0.05, 0) is 24.3 Å². The van der Waals surface area contributed by atoms with Crippen LogP contribution in [0.2, 0.25) is 5.15 Å². The number of benzene rings is 1. The van der Waals surface area contributed by atoms with E-state index in [0.29, 0.717) is 53.7 Å². The Kier molecular flexibility index (Phi) is 4.79. The van der Waals surface area contributed by atoms with E-state index in [1.165, 1.54) is 12.3 Å².